The van der Waals surface area contributed by atoms with Crippen LogP contribution in [0.5, 0.6) is 0 Å². The highest BCUT2D eigenvalue weighted by molar-refractivity contribution is 5.75. The third kappa shape index (κ3) is 4.84. The largest absolute Gasteiger partial charge is 0.481 e. The quantitative estimate of drug-likeness (QED) is 0.527. The van der Waals surface area contributed by atoms with Crippen LogP contribution in [0, 0.1) is 5.41 Å². The van der Waals surface area contributed by atoms with Crippen molar-refractivity contribution in [2.24, 2.45) is 5.41 Å². The van der Waals surface area contributed by atoms with Crippen molar-refractivity contribution in [2.75, 3.05) is 6.61 Å². The van der Waals surface area contributed by atoms with Crippen molar-refractivity contribution in [1.82, 2.24) is 0 Å². The Morgan fingerprint density at radius 3 is 2.36 bits per heavy atom. The van der Waals surface area contributed by atoms with Gasteiger partial charge < -0.3 is 9.84 Å². The number of hydrogen-bond acceptors (Lipinski definition) is 3. The predicted molar refractivity (Wildman–Crippen MR) is 51.9 cm³/mol. The molecule has 0 aliphatic heterocycles. The Morgan fingerprint density at radius 1 is 1.36 bits per heavy atom. The molecule has 0 aromatic carbocycles. The van der Waals surface area contributed by atoms with Crippen molar-refractivity contribution < 1.29 is 19.4 Å². The molecule has 4 nitrogen and oxygen atoms in total. The summed E-state index contributed by atoms with van der Waals surface area (Å²) in [6.45, 7) is 5.73. The zero-order valence-corrected chi connectivity index (χ0v) is 9.00. The van der Waals surface area contributed by atoms with E-state index in [9.17, 15) is 9.59 Å². The van der Waals surface area contributed by atoms with Crippen LogP contribution >= 0.6 is 0 Å². The van der Waals surface area contributed by atoms with Gasteiger partial charge in [-0.25, -0.2) is 0 Å². The van der Waals surface area contributed by atoms with Crippen LogP contribution in [0.2, 0.25) is 0 Å². The zero-order valence-electron chi connectivity index (χ0n) is 9.00. The highest BCUT2D eigenvalue weighted by Crippen LogP contribution is 2.21. The molecule has 0 radical (unpaired) electrons. The minimum absolute atomic E-state index is 0.0415. The van der Waals surface area contributed by atoms with Gasteiger partial charge in [-0.1, -0.05) is 6.92 Å². The Kier molecular flexibility index (Phi) is 5.20. The van der Waals surface area contributed by atoms with Gasteiger partial charge >= 0.3 is 11.9 Å². The van der Waals surface area contributed by atoms with Crippen LogP contribution in [0.25, 0.3) is 0 Å². The Hall–Kier alpha value is -1.06. The number of carbonyl (C=O) groups is 2. The van der Waals surface area contributed by atoms with Crippen LogP contribution in [0.4, 0.5) is 0 Å². The Balaban J connectivity index is 3.70. The van der Waals surface area contributed by atoms with Gasteiger partial charge in [0.25, 0.3) is 0 Å². The van der Waals surface area contributed by atoms with Gasteiger partial charge in [0.1, 0.15) is 0 Å². The van der Waals surface area contributed by atoms with Gasteiger partial charge in [-0.2, -0.15) is 0 Å². The van der Waals surface area contributed by atoms with Gasteiger partial charge in [0.05, 0.1) is 12.0 Å². The van der Waals surface area contributed by atoms with Crippen molar-refractivity contribution in [3.8, 4) is 0 Å². The summed E-state index contributed by atoms with van der Waals surface area (Å²) >= 11 is 0. The molecule has 82 valence electrons. The van der Waals surface area contributed by atoms with E-state index in [1.807, 2.05) is 20.8 Å². The Bertz CT molecular complexity index is 208. The van der Waals surface area contributed by atoms with E-state index in [1.54, 1.807) is 0 Å². The first-order valence-corrected chi connectivity index (χ1v) is 4.79. The van der Waals surface area contributed by atoms with Crippen LogP contribution in [0.1, 0.15) is 40.0 Å². The van der Waals surface area contributed by atoms with Crippen LogP contribution in [-0.4, -0.2) is 23.7 Å². The maximum Gasteiger partial charge on any atom is 0.311 e. The second kappa shape index (κ2) is 5.62. The number of hydrogen-bond donors (Lipinski definition) is 1. The van der Waals surface area contributed by atoms with Crippen LogP contribution < -0.4 is 0 Å². The maximum absolute atomic E-state index is 11.4. The molecule has 0 spiro atoms. The SMILES string of the molecule is CCC(C)(C)C(=O)OCCCC(=O)O. The van der Waals surface area contributed by atoms with E-state index in [0.29, 0.717) is 12.8 Å². The molecule has 0 aliphatic carbocycles. The lowest BCUT2D eigenvalue weighted by Gasteiger charge is -2.19. The molecule has 0 atom stereocenters. The lowest BCUT2D eigenvalue weighted by Crippen LogP contribution is -2.26. The van der Waals surface area contributed by atoms with E-state index in [2.05, 4.69) is 0 Å². The van der Waals surface area contributed by atoms with Gasteiger partial charge in [-0.3, -0.25) is 9.59 Å². The summed E-state index contributed by atoms with van der Waals surface area (Å²) in [5.41, 5.74) is -0.469. The number of rotatable bonds is 6. The molecule has 0 saturated carbocycles. The maximum atomic E-state index is 11.4. The molecule has 0 heterocycles. The van der Waals surface area contributed by atoms with Gasteiger partial charge in [0.2, 0.25) is 0 Å². The van der Waals surface area contributed by atoms with E-state index >= 15 is 0 Å². The average Bonchev–Trinajstić information content (AvgIpc) is 2.11. The molecular formula is C10H18O4. The van der Waals surface area contributed by atoms with Crippen molar-refractivity contribution in [2.45, 2.75) is 40.0 Å². The molecule has 0 aromatic rings. The molecule has 0 bridgehead atoms. The first-order chi connectivity index (χ1) is 6.40. The summed E-state index contributed by atoms with van der Waals surface area (Å²) in [7, 11) is 0. The minimum atomic E-state index is -0.865. The van der Waals surface area contributed by atoms with E-state index in [0.717, 1.165) is 0 Å². The smallest absolute Gasteiger partial charge is 0.311 e. The van der Waals surface area contributed by atoms with Crippen LogP contribution in [-0.2, 0) is 14.3 Å². The number of carboxylic acid groups (broad SMARTS) is 1. The van der Waals surface area contributed by atoms with Gasteiger partial charge in [-0.05, 0) is 26.7 Å². The zero-order chi connectivity index (χ0) is 11.2. The lowest BCUT2D eigenvalue weighted by molar-refractivity contribution is -0.155. The predicted octanol–water partition coefficient (Wildman–Crippen LogP) is 1.83. The van der Waals surface area contributed by atoms with E-state index in [4.69, 9.17) is 9.84 Å². The molecule has 0 fully saturated rings. The van der Waals surface area contributed by atoms with Crippen molar-refractivity contribution >= 4 is 11.9 Å². The average molecular weight is 202 g/mol. The summed E-state index contributed by atoms with van der Waals surface area (Å²) in [6, 6.07) is 0. The number of carbonyl (C=O) groups excluding carboxylic acids is 1. The standard InChI is InChI=1S/C10H18O4/c1-4-10(2,3)9(13)14-7-5-6-8(11)12/h4-7H2,1-3H3,(H,11,12). The lowest BCUT2D eigenvalue weighted by atomic mass is 9.91. The first-order valence-electron chi connectivity index (χ1n) is 4.79. The first kappa shape index (κ1) is 12.9. The van der Waals surface area contributed by atoms with Crippen LogP contribution in [0.3, 0.4) is 0 Å². The molecule has 0 saturated heterocycles. The van der Waals surface area contributed by atoms with Gasteiger partial charge in [-0.15, -0.1) is 0 Å². The summed E-state index contributed by atoms with van der Waals surface area (Å²) in [5, 5.41) is 8.34. The third-order valence-electron chi connectivity index (χ3n) is 2.20. The molecule has 0 amide bonds. The second-order valence-electron chi connectivity index (χ2n) is 3.87. The summed E-state index contributed by atoms with van der Waals surface area (Å²) in [5.74, 6) is -1.12. The summed E-state index contributed by atoms with van der Waals surface area (Å²) in [6.07, 6.45) is 1.13. The van der Waals surface area contributed by atoms with E-state index in [-0.39, 0.29) is 19.0 Å². The number of esters is 1. The molecule has 0 aliphatic rings. The molecule has 0 aromatic heterocycles. The fraction of sp³-hybridized carbons (Fsp3) is 0.800. The third-order valence-corrected chi connectivity index (χ3v) is 2.20. The van der Waals surface area contributed by atoms with E-state index in [1.165, 1.54) is 0 Å². The Labute approximate surface area is 84.3 Å². The highest BCUT2D eigenvalue weighted by atomic mass is 16.5. The Morgan fingerprint density at radius 2 is 1.93 bits per heavy atom. The normalized spacial score (nSPS) is 11.1. The van der Waals surface area contributed by atoms with Crippen molar-refractivity contribution in [3.05, 3.63) is 0 Å². The highest BCUT2D eigenvalue weighted by Gasteiger charge is 2.26. The van der Waals surface area contributed by atoms with Crippen molar-refractivity contribution in [3.63, 3.8) is 0 Å². The van der Waals surface area contributed by atoms with Crippen LogP contribution in [0.15, 0.2) is 0 Å². The second-order valence-corrected chi connectivity index (χ2v) is 3.87. The molecular weight excluding hydrogens is 184 g/mol. The minimum Gasteiger partial charge on any atom is -0.481 e. The number of aliphatic carboxylic acids is 1. The molecule has 14 heavy (non-hydrogen) atoms. The van der Waals surface area contributed by atoms with Gasteiger partial charge in [0, 0.05) is 6.42 Å². The topological polar surface area (TPSA) is 63.6 Å². The fourth-order valence-electron chi connectivity index (χ4n) is 0.728. The molecule has 0 unspecified atom stereocenters. The molecule has 1 N–H and O–H groups in total. The molecule has 4 heteroatoms. The number of ether oxygens (including phenoxy) is 1. The number of carboxylic acids is 1. The van der Waals surface area contributed by atoms with E-state index < -0.39 is 11.4 Å². The van der Waals surface area contributed by atoms with Crippen molar-refractivity contribution in [1.29, 1.82) is 0 Å². The summed E-state index contributed by atoms with van der Waals surface area (Å²) < 4.78 is 4.95. The van der Waals surface area contributed by atoms with Gasteiger partial charge in [0.15, 0.2) is 0 Å². The fourth-order valence-corrected chi connectivity index (χ4v) is 0.728. The summed E-state index contributed by atoms with van der Waals surface area (Å²) in [4.78, 5) is 21.5. The molecule has 0 rings (SSSR count). The monoisotopic (exact) mass is 202 g/mol.